The van der Waals surface area contributed by atoms with E-state index < -0.39 is 0 Å². The van der Waals surface area contributed by atoms with Crippen LogP contribution in [0.25, 0.3) is 0 Å². The predicted octanol–water partition coefficient (Wildman–Crippen LogP) is 3.46. The molecule has 0 amide bonds. The number of nitrogens with zero attached hydrogens (tertiary/aromatic N) is 2. The maximum absolute atomic E-state index is 5.61. The van der Waals surface area contributed by atoms with E-state index in [1.54, 1.807) is 0 Å². The molecule has 1 rings (SSSR count). The van der Waals surface area contributed by atoms with Crippen molar-refractivity contribution in [2.24, 2.45) is 0 Å². The molecule has 1 aromatic rings. The third-order valence-corrected chi connectivity index (χ3v) is 3.25. The van der Waals surface area contributed by atoms with Crippen LogP contribution in [0.2, 0.25) is 0 Å². The lowest BCUT2D eigenvalue weighted by Crippen LogP contribution is -2.01. The van der Waals surface area contributed by atoms with Crippen molar-refractivity contribution >= 4 is 16.5 Å². The van der Waals surface area contributed by atoms with Gasteiger partial charge in [0, 0.05) is 24.7 Å². The zero-order valence-corrected chi connectivity index (χ0v) is 11.7. The molecule has 0 aromatic carbocycles. The van der Waals surface area contributed by atoms with E-state index in [0.29, 0.717) is 6.61 Å². The number of unbranched alkanes of at least 4 members (excludes halogenated alkanes) is 4. The van der Waals surface area contributed by atoms with Gasteiger partial charge in [0.05, 0.1) is 6.61 Å². The van der Waals surface area contributed by atoms with Crippen LogP contribution in [-0.4, -0.2) is 22.7 Å². The number of nitrogens with one attached hydrogen (secondary N) is 1. The normalized spacial score (nSPS) is 10.7. The fraction of sp³-hybridized carbons (Fsp3) is 0.833. The van der Waals surface area contributed by atoms with E-state index >= 15 is 0 Å². The molecule has 0 fully saturated rings. The average molecular weight is 257 g/mol. The first-order chi connectivity index (χ1) is 8.38. The Morgan fingerprint density at radius 1 is 1.18 bits per heavy atom. The van der Waals surface area contributed by atoms with E-state index in [1.165, 1.54) is 37.2 Å². The lowest BCUT2D eigenvalue weighted by atomic mass is 10.2. The van der Waals surface area contributed by atoms with Crippen molar-refractivity contribution in [3.63, 3.8) is 0 Å². The summed E-state index contributed by atoms with van der Waals surface area (Å²) in [5.41, 5.74) is 0.936. The van der Waals surface area contributed by atoms with E-state index in [0.717, 1.165) is 30.3 Å². The fourth-order valence-electron chi connectivity index (χ4n) is 1.57. The first-order valence-electron chi connectivity index (χ1n) is 6.51. The zero-order valence-electron chi connectivity index (χ0n) is 10.9. The van der Waals surface area contributed by atoms with Gasteiger partial charge in [-0.15, -0.1) is 5.10 Å². The Morgan fingerprint density at radius 3 is 2.76 bits per heavy atom. The molecule has 1 aromatic heterocycles. The van der Waals surface area contributed by atoms with Crippen molar-refractivity contribution in [1.82, 2.24) is 9.59 Å². The Labute approximate surface area is 108 Å². The quantitative estimate of drug-likeness (QED) is 0.652. The summed E-state index contributed by atoms with van der Waals surface area (Å²) in [6.45, 7) is 6.60. The van der Waals surface area contributed by atoms with Gasteiger partial charge in [-0.05, 0) is 13.3 Å². The topological polar surface area (TPSA) is 47.0 Å². The summed E-state index contributed by atoms with van der Waals surface area (Å²) in [7, 11) is 0. The van der Waals surface area contributed by atoms with Gasteiger partial charge < -0.3 is 10.1 Å². The maximum Gasteiger partial charge on any atom is 0.135 e. The largest absolute Gasteiger partial charge is 0.375 e. The molecule has 4 nitrogen and oxygen atoms in total. The van der Waals surface area contributed by atoms with E-state index in [-0.39, 0.29) is 0 Å². The van der Waals surface area contributed by atoms with E-state index in [2.05, 4.69) is 28.8 Å². The minimum Gasteiger partial charge on any atom is -0.375 e. The van der Waals surface area contributed by atoms with Crippen molar-refractivity contribution in [2.45, 2.75) is 52.6 Å². The molecule has 1 N–H and O–H groups in total. The second-order valence-corrected chi connectivity index (χ2v) is 4.80. The van der Waals surface area contributed by atoms with Gasteiger partial charge in [-0.2, -0.15) is 0 Å². The van der Waals surface area contributed by atoms with Crippen LogP contribution in [0.3, 0.4) is 0 Å². The minimum absolute atomic E-state index is 0.576. The Hall–Kier alpha value is -0.680. The SMILES string of the molecule is CCCCCCCOCc1nnsc1NCC. The van der Waals surface area contributed by atoms with Gasteiger partial charge in [0.1, 0.15) is 10.7 Å². The van der Waals surface area contributed by atoms with Crippen LogP contribution in [-0.2, 0) is 11.3 Å². The molecule has 0 saturated carbocycles. The highest BCUT2D eigenvalue weighted by Crippen LogP contribution is 2.18. The molecule has 0 atom stereocenters. The number of aromatic nitrogens is 2. The van der Waals surface area contributed by atoms with Gasteiger partial charge in [-0.1, -0.05) is 37.1 Å². The molecule has 0 aliphatic carbocycles. The van der Waals surface area contributed by atoms with E-state index in [9.17, 15) is 0 Å². The van der Waals surface area contributed by atoms with Crippen molar-refractivity contribution in [2.75, 3.05) is 18.5 Å². The van der Waals surface area contributed by atoms with Crippen LogP contribution in [0.5, 0.6) is 0 Å². The summed E-state index contributed by atoms with van der Waals surface area (Å²) in [5.74, 6) is 0. The Kier molecular flexibility index (Phi) is 7.92. The zero-order chi connectivity index (χ0) is 12.3. The first-order valence-corrected chi connectivity index (χ1v) is 7.28. The molecule has 17 heavy (non-hydrogen) atoms. The number of ether oxygens (including phenoxy) is 1. The van der Waals surface area contributed by atoms with Crippen LogP contribution in [0, 0.1) is 0 Å². The number of hydrogen-bond donors (Lipinski definition) is 1. The van der Waals surface area contributed by atoms with Gasteiger partial charge in [0.25, 0.3) is 0 Å². The lowest BCUT2D eigenvalue weighted by molar-refractivity contribution is 0.114. The van der Waals surface area contributed by atoms with Crippen LogP contribution < -0.4 is 5.32 Å². The predicted molar refractivity (Wildman–Crippen MR) is 72.5 cm³/mol. The van der Waals surface area contributed by atoms with E-state index in [4.69, 9.17) is 4.74 Å². The molecule has 0 spiro atoms. The third-order valence-electron chi connectivity index (χ3n) is 2.52. The summed E-state index contributed by atoms with van der Waals surface area (Å²) >= 11 is 1.40. The highest BCUT2D eigenvalue weighted by molar-refractivity contribution is 7.10. The Morgan fingerprint density at radius 2 is 2.00 bits per heavy atom. The number of anilines is 1. The molecule has 1 heterocycles. The van der Waals surface area contributed by atoms with Gasteiger partial charge in [0.2, 0.25) is 0 Å². The maximum atomic E-state index is 5.61. The second-order valence-electron chi connectivity index (χ2n) is 4.05. The smallest absolute Gasteiger partial charge is 0.135 e. The Balaban J connectivity index is 2.07. The summed E-state index contributed by atoms with van der Waals surface area (Å²) in [4.78, 5) is 0. The van der Waals surface area contributed by atoms with Gasteiger partial charge in [0.15, 0.2) is 0 Å². The molecular formula is C12H23N3OS. The van der Waals surface area contributed by atoms with Gasteiger partial charge in [-0.3, -0.25) is 0 Å². The molecule has 0 bridgehead atoms. The monoisotopic (exact) mass is 257 g/mol. The summed E-state index contributed by atoms with van der Waals surface area (Å²) in [6.07, 6.45) is 6.36. The van der Waals surface area contributed by atoms with Gasteiger partial charge in [-0.25, -0.2) is 0 Å². The number of hydrogen-bond acceptors (Lipinski definition) is 5. The van der Waals surface area contributed by atoms with Crippen LogP contribution >= 0.6 is 11.5 Å². The average Bonchev–Trinajstić information content (AvgIpc) is 2.76. The molecule has 0 aliphatic rings. The van der Waals surface area contributed by atoms with Crippen LogP contribution in [0.1, 0.15) is 51.6 Å². The first kappa shape index (κ1) is 14.4. The second kappa shape index (κ2) is 9.36. The van der Waals surface area contributed by atoms with Crippen molar-refractivity contribution < 1.29 is 4.74 Å². The highest BCUT2D eigenvalue weighted by Gasteiger charge is 2.06. The molecule has 0 unspecified atom stereocenters. The number of rotatable bonds is 10. The molecule has 0 saturated heterocycles. The third kappa shape index (κ3) is 5.98. The summed E-state index contributed by atoms with van der Waals surface area (Å²) in [6, 6.07) is 0. The molecular weight excluding hydrogens is 234 g/mol. The Bertz CT molecular complexity index is 291. The van der Waals surface area contributed by atoms with Crippen LogP contribution in [0.15, 0.2) is 0 Å². The van der Waals surface area contributed by atoms with Crippen molar-refractivity contribution in [3.8, 4) is 0 Å². The molecule has 0 radical (unpaired) electrons. The fourth-order valence-corrected chi connectivity index (χ4v) is 2.21. The van der Waals surface area contributed by atoms with E-state index in [1.807, 2.05) is 0 Å². The molecule has 98 valence electrons. The van der Waals surface area contributed by atoms with Crippen molar-refractivity contribution in [3.05, 3.63) is 5.69 Å². The minimum atomic E-state index is 0.576. The summed E-state index contributed by atoms with van der Waals surface area (Å²) in [5, 5.41) is 8.34. The van der Waals surface area contributed by atoms with Crippen LogP contribution in [0.4, 0.5) is 5.00 Å². The van der Waals surface area contributed by atoms with Crippen molar-refractivity contribution in [1.29, 1.82) is 0 Å². The molecule has 5 heteroatoms. The summed E-state index contributed by atoms with van der Waals surface area (Å²) < 4.78 is 9.54. The standard InChI is InChI=1S/C12H23N3OS/c1-3-5-6-7-8-9-16-10-11-12(13-4-2)17-15-14-11/h13H,3-10H2,1-2H3. The molecule has 0 aliphatic heterocycles. The highest BCUT2D eigenvalue weighted by atomic mass is 32.1. The lowest BCUT2D eigenvalue weighted by Gasteiger charge is -2.04. The van der Waals surface area contributed by atoms with Gasteiger partial charge >= 0.3 is 0 Å².